The number of nitrogens with one attached hydrogen (secondary N) is 3. The van der Waals surface area contributed by atoms with Crippen molar-refractivity contribution < 1.29 is 5.21 Å². The second-order valence-corrected chi connectivity index (χ2v) is 2.24. The molecule has 62 valence electrons. The quantitative estimate of drug-likeness (QED) is 0.368. The van der Waals surface area contributed by atoms with Gasteiger partial charge in [0, 0.05) is 0 Å². The van der Waals surface area contributed by atoms with Crippen molar-refractivity contribution in [2.45, 2.75) is 0 Å². The van der Waals surface area contributed by atoms with Gasteiger partial charge < -0.3 is 10.2 Å². The maximum Gasteiger partial charge on any atom is 0.325 e. The summed E-state index contributed by atoms with van der Waals surface area (Å²) in [5, 5.41) is 16.2. The van der Waals surface area contributed by atoms with Crippen molar-refractivity contribution in [3.63, 3.8) is 0 Å². The molecule has 0 fully saturated rings. The van der Waals surface area contributed by atoms with E-state index >= 15 is 0 Å². The summed E-state index contributed by atoms with van der Waals surface area (Å²) >= 11 is 0. The summed E-state index contributed by atoms with van der Waals surface area (Å²) in [7, 11) is 0. The van der Waals surface area contributed by atoms with Crippen molar-refractivity contribution in [1.29, 1.82) is 5.41 Å². The van der Waals surface area contributed by atoms with Gasteiger partial charge in [-0.05, 0) is 0 Å². The molecule has 7 nitrogen and oxygen atoms in total. The highest BCUT2D eigenvalue weighted by atomic mass is 16.5. The van der Waals surface area contributed by atoms with E-state index in [0.717, 1.165) is 6.33 Å². The summed E-state index contributed by atoms with van der Waals surface area (Å²) < 4.78 is 0.520. The lowest BCUT2D eigenvalue weighted by molar-refractivity contribution is 0.168. The Morgan fingerprint density at radius 3 is 3.08 bits per heavy atom. The van der Waals surface area contributed by atoms with Crippen LogP contribution in [0, 0.1) is 5.41 Å². The Morgan fingerprint density at radius 2 is 2.33 bits per heavy atom. The van der Waals surface area contributed by atoms with Crippen molar-refractivity contribution >= 4 is 11.2 Å². The van der Waals surface area contributed by atoms with Crippen molar-refractivity contribution in [2.24, 2.45) is 0 Å². The number of hydrogen-bond acceptors (Lipinski definition) is 4. The predicted molar refractivity (Wildman–Crippen MR) is 37.7 cm³/mol. The van der Waals surface area contributed by atoms with E-state index in [1.807, 2.05) is 0 Å². The number of rotatable bonds is 0. The van der Waals surface area contributed by atoms with Gasteiger partial charge in [0.15, 0.2) is 11.1 Å². The van der Waals surface area contributed by atoms with Crippen molar-refractivity contribution in [2.75, 3.05) is 0 Å². The zero-order valence-electron chi connectivity index (χ0n) is 5.83. The van der Waals surface area contributed by atoms with Crippen molar-refractivity contribution in [3.05, 3.63) is 22.3 Å². The number of hydrogen-bond donors (Lipinski definition) is 4. The number of imidazole rings is 1. The number of fused-ring (bicyclic) bond motifs is 1. The fraction of sp³-hybridized carbons (Fsp3) is 0. The van der Waals surface area contributed by atoms with Gasteiger partial charge in [0.1, 0.15) is 11.8 Å². The van der Waals surface area contributed by atoms with Crippen LogP contribution in [-0.2, 0) is 0 Å². The van der Waals surface area contributed by atoms with Crippen LogP contribution in [0.15, 0.2) is 11.1 Å². The summed E-state index contributed by atoms with van der Waals surface area (Å²) in [6, 6.07) is 0. The van der Waals surface area contributed by atoms with Crippen LogP contribution in [0.2, 0.25) is 0 Å². The van der Waals surface area contributed by atoms with E-state index in [1.165, 1.54) is 0 Å². The van der Waals surface area contributed by atoms with Gasteiger partial charge in [-0.15, -0.1) is 0 Å². The fourth-order valence-electron chi connectivity index (χ4n) is 0.927. The molecule has 12 heavy (non-hydrogen) atoms. The maximum atomic E-state index is 10.7. The Kier molecular flexibility index (Phi) is 1.09. The van der Waals surface area contributed by atoms with Crippen LogP contribution in [-0.4, -0.2) is 24.9 Å². The summed E-state index contributed by atoms with van der Waals surface area (Å²) in [6.07, 6.45) is 1.04. The molecule has 0 aliphatic carbocycles. The van der Waals surface area contributed by atoms with Crippen LogP contribution in [0.25, 0.3) is 11.2 Å². The van der Waals surface area contributed by atoms with E-state index < -0.39 is 5.69 Å². The topological polar surface area (TPSA) is 111 Å². The SMILES string of the molecule is N=c1c2[nH]c(=O)[nH]c2ncn1O. The van der Waals surface area contributed by atoms with E-state index in [9.17, 15) is 4.79 Å². The monoisotopic (exact) mass is 167 g/mol. The molecule has 0 bridgehead atoms. The Hall–Kier alpha value is -2.05. The first-order chi connectivity index (χ1) is 5.68. The molecular weight excluding hydrogens is 162 g/mol. The molecule has 2 heterocycles. The first-order valence-corrected chi connectivity index (χ1v) is 3.12. The molecule has 0 aliphatic rings. The zero-order valence-corrected chi connectivity index (χ0v) is 5.83. The van der Waals surface area contributed by atoms with E-state index in [-0.39, 0.29) is 16.7 Å². The highest BCUT2D eigenvalue weighted by Gasteiger charge is 2.02. The Labute approximate surface area is 64.8 Å². The second kappa shape index (κ2) is 1.97. The minimum atomic E-state index is -0.447. The minimum Gasteiger partial charge on any atom is -0.425 e. The lowest BCUT2D eigenvalue weighted by Crippen LogP contribution is -2.18. The van der Waals surface area contributed by atoms with Gasteiger partial charge in [-0.2, -0.15) is 4.73 Å². The molecule has 0 spiro atoms. The molecule has 2 aromatic rings. The van der Waals surface area contributed by atoms with E-state index in [0.29, 0.717) is 4.73 Å². The molecule has 0 amide bonds. The van der Waals surface area contributed by atoms with Crippen LogP contribution in [0.4, 0.5) is 0 Å². The summed E-state index contributed by atoms with van der Waals surface area (Å²) in [6.45, 7) is 0. The number of nitrogens with zero attached hydrogens (tertiary/aromatic N) is 2. The lowest BCUT2D eigenvalue weighted by Gasteiger charge is -1.93. The highest BCUT2D eigenvalue weighted by Crippen LogP contribution is 1.92. The molecular formula is C5H5N5O2. The Balaban J connectivity index is 3.10. The zero-order chi connectivity index (χ0) is 8.72. The van der Waals surface area contributed by atoms with Crippen LogP contribution in [0.3, 0.4) is 0 Å². The molecule has 2 rings (SSSR count). The molecule has 0 radical (unpaired) electrons. The third-order valence-corrected chi connectivity index (χ3v) is 1.47. The molecule has 0 saturated carbocycles. The first kappa shape index (κ1) is 6.65. The van der Waals surface area contributed by atoms with E-state index in [1.54, 1.807) is 0 Å². The Bertz CT molecular complexity index is 532. The maximum absolute atomic E-state index is 10.7. The van der Waals surface area contributed by atoms with Gasteiger partial charge in [0.05, 0.1) is 0 Å². The molecule has 0 aliphatic heterocycles. The average molecular weight is 167 g/mol. The number of aromatic nitrogens is 4. The molecule has 4 N–H and O–H groups in total. The average Bonchev–Trinajstić information content (AvgIpc) is 2.39. The molecule has 7 heteroatoms. The van der Waals surface area contributed by atoms with E-state index in [2.05, 4.69) is 15.0 Å². The van der Waals surface area contributed by atoms with Gasteiger partial charge >= 0.3 is 5.69 Å². The summed E-state index contributed by atoms with van der Waals surface area (Å²) in [5.41, 5.74) is -0.212. The molecule has 0 aromatic carbocycles. The Morgan fingerprint density at radius 1 is 1.58 bits per heavy atom. The van der Waals surface area contributed by atoms with Gasteiger partial charge in [-0.1, -0.05) is 0 Å². The van der Waals surface area contributed by atoms with Gasteiger partial charge in [-0.25, -0.2) is 9.78 Å². The van der Waals surface area contributed by atoms with Gasteiger partial charge in [0.2, 0.25) is 0 Å². The summed E-state index contributed by atoms with van der Waals surface area (Å²) in [4.78, 5) is 19.1. The van der Waals surface area contributed by atoms with Crippen LogP contribution in [0.5, 0.6) is 0 Å². The van der Waals surface area contributed by atoms with Crippen molar-refractivity contribution in [1.82, 2.24) is 19.7 Å². The van der Waals surface area contributed by atoms with Crippen LogP contribution >= 0.6 is 0 Å². The molecule has 2 aromatic heterocycles. The summed E-state index contributed by atoms with van der Waals surface area (Å²) in [5.74, 6) is 0. The third kappa shape index (κ3) is 0.729. The van der Waals surface area contributed by atoms with Crippen molar-refractivity contribution in [3.8, 4) is 0 Å². The van der Waals surface area contributed by atoms with Crippen LogP contribution in [0.1, 0.15) is 0 Å². The first-order valence-electron chi connectivity index (χ1n) is 3.12. The van der Waals surface area contributed by atoms with E-state index in [4.69, 9.17) is 10.6 Å². The second-order valence-electron chi connectivity index (χ2n) is 2.24. The van der Waals surface area contributed by atoms with Gasteiger partial charge in [0.25, 0.3) is 0 Å². The molecule has 0 saturated heterocycles. The molecule has 0 unspecified atom stereocenters. The number of H-pyrrole nitrogens is 2. The highest BCUT2D eigenvalue weighted by molar-refractivity contribution is 5.67. The number of aromatic amines is 2. The fourth-order valence-corrected chi connectivity index (χ4v) is 0.927. The predicted octanol–water partition coefficient (Wildman–Crippen LogP) is -1.23. The minimum absolute atomic E-state index is 0.185. The normalized spacial score (nSPS) is 10.7. The third-order valence-electron chi connectivity index (χ3n) is 1.47. The molecule has 0 atom stereocenters. The van der Waals surface area contributed by atoms with Crippen LogP contribution < -0.4 is 11.2 Å². The largest absolute Gasteiger partial charge is 0.425 e. The van der Waals surface area contributed by atoms with Gasteiger partial charge in [-0.3, -0.25) is 10.4 Å². The lowest BCUT2D eigenvalue weighted by atomic mass is 10.5. The smallest absolute Gasteiger partial charge is 0.325 e. The standard InChI is InChI=1S/C5H5N5O2/c6-3-2-4(7-1-10(3)12)9-5(11)8-2/h1,6,12H,(H2,8,9,11).